The van der Waals surface area contributed by atoms with Gasteiger partial charge in [0.25, 0.3) is 0 Å². The third-order valence-corrected chi connectivity index (χ3v) is 2.53. The molecule has 3 N–H and O–H groups in total. The molecule has 1 amide bonds. The van der Waals surface area contributed by atoms with Gasteiger partial charge in [0.2, 0.25) is 5.91 Å². The average Bonchev–Trinajstić information content (AvgIpc) is 2.14. The van der Waals surface area contributed by atoms with E-state index in [0.29, 0.717) is 6.54 Å². The summed E-state index contributed by atoms with van der Waals surface area (Å²) in [5, 5.41) is 8.73. The summed E-state index contributed by atoms with van der Waals surface area (Å²) in [5.41, 5.74) is 5.99. The van der Waals surface area contributed by atoms with Crippen molar-refractivity contribution < 1.29 is 14.7 Å². The Bertz CT molecular complexity index is 407. The van der Waals surface area contributed by atoms with Crippen molar-refractivity contribution in [1.29, 1.82) is 0 Å². The molecule has 17 heavy (non-hydrogen) atoms. The molecule has 0 saturated heterocycles. The molecule has 0 aliphatic carbocycles. The van der Waals surface area contributed by atoms with E-state index in [1.807, 2.05) is 24.3 Å². The summed E-state index contributed by atoms with van der Waals surface area (Å²) in [6.45, 7) is 0.0863. The summed E-state index contributed by atoms with van der Waals surface area (Å²) in [6, 6.07) is 7.46. The van der Waals surface area contributed by atoms with Crippen LogP contribution in [0, 0.1) is 0 Å². The first-order valence-corrected chi connectivity index (χ1v) is 5.73. The van der Waals surface area contributed by atoms with Crippen LogP contribution in [0.1, 0.15) is 5.56 Å². The van der Waals surface area contributed by atoms with E-state index in [1.165, 1.54) is 4.90 Å². The summed E-state index contributed by atoms with van der Waals surface area (Å²) in [6.07, 6.45) is 0. The second kappa shape index (κ2) is 6.36. The number of carbonyl (C=O) groups excluding carboxylic acids is 1. The van der Waals surface area contributed by atoms with Gasteiger partial charge in [-0.2, -0.15) is 0 Å². The van der Waals surface area contributed by atoms with Crippen LogP contribution >= 0.6 is 15.9 Å². The number of hydrogen-bond acceptors (Lipinski definition) is 3. The first kappa shape index (κ1) is 13.7. The van der Waals surface area contributed by atoms with Gasteiger partial charge in [-0.15, -0.1) is 0 Å². The zero-order valence-corrected chi connectivity index (χ0v) is 10.7. The topological polar surface area (TPSA) is 83.6 Å². The van der Waals surface area contributed by atoms with E-state index in [9.17, 15) is 9.59 Å². The van der Waals surface area contributed by atoms with Gasteiger partial charge < -0.3 is 10.8 Å². The number of carbonyl (C=O) groups is 2. The zero-order chi connectivity index (χ0) is 12.8. The monoisotopic (exact) mass is 300 g/mol. The Kier molecular flexibility index (Phi) is 5.11. The lowest BCUT2D eigenvalue weighted by Gasteiger charge is -2.18. The van der Waals surface area contributed by atoms with Gasteiger partial charge in [-0.05, 0) is 17.7 Å². The Balaban J connectivity index is 2.71. The Morgan fingerprint density at radius 2 is 2.06 bits per heavy atom. The van der Waals surface area contributed by atoms with Crippen LogP contribution in [0.15, 0.2) is 28.7 Å². The fourth-order valence-electron chi connectivity index (χ4n) is 1.47. The number of nitrogens with two attached hydrogens (primary N) is 1. The van der Waals surface area contributed by atoms with Crippen molar-refractivity contribution in [2.45, 2.75) is 6.54 Å². The molecular formula is C11H13BrN2O3. The second-order valence-electron chi connectivity index (χ2n) is 3.64. The van der Waals surface area contributed by atoms with Gasteiger partial charge in [0.05, 0.1) is 13.1 Å². The highest BCUT2D eigenvalue weighted by Crippen LogP contribution is 2.13. The summed E-state index contributed by atoms with van der Waals surface area (Å²) >= 11 is 3.33. The van der Waals surface area contributed by atoms with E-state index >= 15 is 0 Å². The minimum Gasteiger partial charge on any atom is -0.480 e. The van der Waals surface area contributed by atoms with E-state index in [-0.39, 0.29) is 13.1 Å². The summed E-state index contributed by atoms with van der Waals surface area (Å²) in [4.78, 5) is 23.0. The van der Waals surface area contributed by atoms with Gasteiger partial charge in [0.15, 0.2) is 0 Å². The molecule has 0 unspecified atom stereocenters. The van der Waals surface area contributed by atoms with E-state index in [2.05, 4.69) is 15.9 Å². The van der Waals surface area contributed by atoms with Gasteiger partial charge in [-0.1, -0.05) is 28.1 Å². The molecule has 1 rings (SSSR count). The smallest absolute Gasteiger partial charge is 0.317 e. The number of carboxylic acids is 1. The molecule has 0 radical (unpaired) electrons. The molecule has 1 aromatic rings. The van der Waals surface area contributed by atoms with Crippen molar-refractivity contribution in [1.82, 2.24) is 4.90 Å². The molecule has 5 nitrogen and oxygen atoms in total. The lowest BCUT2D eigenvalue weighted by Crippen LogP contribution is -2.36. The standard InChI is InChI=1S/C11H13BrN2O3/c12-9-3-1-2-8(4-9)5-14(6-10(13)15)7-11(16)17/h1-4H,5-7H2,(H2,13,15)(H,16,17). The molecule has 0 aliphatic heterocycles. The molecule has 0 atom stereocenters. The van der Waals surface area contributed by atoms with Crippen LogP contribution in [0.25, 0.3) is 0 Å². The van der Waals surface area contributed by atoms with Crippen molar-refractivity contribution >= 4 is 27.8 Å². The molecule has 0 spiro atoms. The summed E-state index contributed by atoms with van der Waals surface area (Å²) in [7, 11) is 0. The normalized spacial score (nSPS) is 10.5. The number of carboxylic acid groups (broad SMARTS) is 1. The molecule has 92 valence electrons. The van der Waals surface area contributed by atoms with Crippen molar-refractivity contribution in [3.63, 3.8) is 0 Å². The number of nitrogens with zero attached hydrogens (tertiary/aromatic N) is 1. The van der Waals surface area contributed by atoms with Crippen LogP contribution in [0.3, 0.4) is 0 Å². The minimum atomic E-state index is -0.985. The van der Waals surface area contributed by atoms with Crippen LogP contribution in [-0.2, 0) is 16.1 Å². The maximum absolute atomic E-state index is 10.8. The predicted molar refractivity (Wildman–Crippen MR) is 66.2 cm³/mol. The SMILES string of the molecule is NC(=O)CN(CC(=O)O)Cc1cccc(Br)c1. The van der Waals surface area contributed by atoms with E-state index in [1.54, 1.807) is 0 Å². The average molecular weight is 301 g/mol. The van der Waals surface area contributed by atoms with E-state index < -0.39 is 11.9 Å². The van der Waals surface area contributed by atoms with Crippen molar-refractivity contribution in [3.8, 4) is 0 Å². The quantitative estimate of drug-likeness (QED) is 0.815. The minimum absolute atomic E-state index is 0.0706. The van der Waals surface area contributed by atoms with Gasteiger partial charge in [-0.3, -0.25) is 14.5 Å². The first-order chi connectivity index (χ1) is 7.97. The number of aliphatic carboxylic acids is 1. The maximum Gasteiger partial charge on any atom is 0.317 e. The molecule has 0 bridgehead atoms. The number of hydrogen-bond donors (Lipinski definition) is 2. The van der Waals surface area contributed by atoms with Crippen molar-refractivity contribution in [3.05, 3.63) is 34.3 Å². The van der Waals surface area contributed by atoms with Crippen molar-refractivity contribution in [2.24, 2.45) is 5.73 Å². The van der Waals surface area contributed by atoms with Crippen LogP contribution in [-0.4, -0.2) is 35.0 Å². The third kappa shape index (κ3) is 5.46. The molecule has 1 aromatic carbocycles. The molecule has 0 aromatic heterocycles. The Labute approximate surface area is 107 Å². The predicted octanol–water partition coefficient (Wildman–Crippen LogP) is 0.821. The fraction of sp³-hybridized carbons (Fsp3) is 0.273. The van der Waals surface area contributed by atoms with Gasteiger partial charge in [-0.25, -0.2) is 0 Å². The molecule has 0 fully saturated rings. The molecule has 0 heterocycles. The number of halogens is 1. The second-order valence-corrected chi connectivity index (χ2v) is 4.55. The highest BCUT2D eigenvalue weighted by Gasteiger charge is 2.12. The van der Waals surface area contributed by atoms with Crippen LogP contribution < -0.4 is 5.73 Å². The number of primary amides is 1. The Morgan fingerprint density at radius 1 is 1.35 bits per heavy atom. The largest absolute Gasteiger partial charge is 0.480 e. The highest BCUT2D eigenvalue weighted by atomic mass is 79.9. The number of amides is 1. The Hall–Kier alpha value is -1.40. The van der Waals surface area contributed by atoms with Crippen molar-refractivity contribution in [2.75, 3.05) is 13.1 Å². The van der Waals surface area contributed by atoms with Gasteiger partial charge in [0.1, 0.15) is 0 Å². The van der Waals surface area contributed by atoms with Crippen LogP contribution in [0.4, 0.5) is 0 Å². The highest BCUT2D eigenvalue weighted by molar-refractivity contribution is 9.10. The molecule has 6 heteroatoms. The van der Waals surface area contributed by atoms with E-state index in [0.717, 1.165) is 10.0 Å². The fourth-order valence-corrected chi connectivity index (χ4v) is 1.92. The first-order valence-electron chi connectivity index (χ1n) is 4.94. The van der Waals surface area contributed by atoms with Gasteiger partial charge in [0, 0.05) is 11.0 Å². The van der Waals surface area contributed by atoms with E-state index in [4.69, 9.17) is 10.8 Å². The summed E-state index contributed by atoms with van der Waals surface area (Å²) in [5.74, 6) is -1.53. The number of benzene rings is 1. The Morgan fingerprint density at radius 3 is 2.59 bits per heavy atom. The third-order valence-electron chi connectivity index (χ3n) is 2.03. The lowest BCUT2D eigenvalue weighted by atomic mass is 10.2. The van der Waals surface area contributed by atoms with Crippen LogP contribution in [0.2, 0.25) is 0 Å². The molecule has 0 saturated carbocycles. The molecular weight excluding hydrogens is 288 g/mol. The summed E-state index contributed by atoms with van der Waals surface area (Å²) < 4.78 is 0.907. The van der Waals surface area contributed by atoms with Crippen LogP contribution in [0.5, 0.6) is 0 Å². The zero-order valence-electron chi connectivity index (χ0n) is 9.10. The maximum atomic E-state index is 10.8. The number of rotatable bonds is 6. The van der Waals surface area contributed by atoms with Gasteiger partial charge >= 0.3 is 5.97 Å². The molecule has 0 aliphatic rings. The lowest BCUT2D eigenvalue weighted by molar-refractivity contribution is -0.138.